The summed E-state index contributed by atoms with van der Waals surface area (Å²) in [7, 11) is 0. The van der Waals surface area contributed by atoms with E-state index < -0.39 is 11.7 Å². The summed E-state index contributed by atoms with van der Waals surface area (Å²) >= 11 is 0. The van der Waals surface area contributed by atoms with Gasteiger partial charge in [-0.25, -0.2) is 0 Å². The summed E-state index contributed by atoms with van der Waals surface area (Å²) in [5.41, 5.74) is 0.450. The van der Waals surface area contributed by atoms with Gasteiger partial charge >= 0.3 is 0 Å². The first kappa shape index (κ1) is 18.1. The van der Waals surface area contributed by atoms with Crippen LogP contribution in [0.3, 0.4) is 0 Å². The Balaban J connectivity index is 1.83. The summed E-state index contributed by atoms with van der Waals surface area (Å²) in [5.74, 6) is 4.21. The maximum Gasteiger partial charge on any atom is 0.221 e. The molecule has 1 amide bonds. The van der Waals surface area contributed by atoms with Crippen molar-refractivity contribution in [2.24, 2.45) is 0 Å². The first-order valence-corrected chi connectivity index (χ1v) is 8.50. The van der Waals surface area contributed by atoms with Gasteiger partial charge in [0.1, 0.15) is 17.9 Å². The highest BCUT2D eigenvalue weighted by Crippen LogP contribution is 2.24. The number of ketones is 2. The maximum absolute atomic E-state index is 12.7. The van der Waals surface area contributed by atoms with E-state index in [1.165, 1.54) is 6.92 Å². The highest BCUT2D eigenvalue weighted by molar-refractivity contribution is 6.29. The number of hydrogen-bond donors (Lipinski definition) is 1. The van der Waals surface area contributed by atoms with E-state index in [1.807, 2.05) is 0 Å². The third-order valence-corrected chi connectivity index (χ3v) is 4.11. The highest BCUT2D eigenvalue weighted by atomic mass is 16.7. The van der Waals surface area contributed by atoms with Crippen LogP contribution in [0.1, 0.15) is 46.9 Å². The number of rotatable bonds is 3. The minimum Gasteiger partial charge on any atom is -0.353 e. The summed E-state index contributed by atoms with van der Waals surface area (Å²) in [6, 6.07) is 6.49. The number of Topliss-reactive ketones (excluding diaryl/α,β-unsaturated/α-hetero) is 2. The van der Waals surface area contributed by atoms with Gasteiger partial charge in [-0.1, -0.05) is 36.1 Å². The smallest absolute Gasteiger partial charge is 0.221 e. The van der Waals surface area contributed by atoms with Crippen LogP contribution in [0.5, 0.6) is 0 Å². The lowest BCUT2D eigenvalue weighted by atomic mass is 9.87. The van der Waals surface area contributed by atoms with Crippen LogP contribution < -0.4 is 5.32 Å². The predicted molar refractivity (Wildman–Crippen MR) is 93.3 cm³/mol. The van der Waals surface area contributed by atoms with Crippen molar-refractivity contribution in [3.05, 3.63) is 46.7 Å². The Morgan fingerprint density at radius 1 is 1.23 bits per heavy atom. The number of fused-ring (bicyclic) bond motifs is 1. The number of ether oxygens (including phenoxy) is 2. The van der Waals surface area contributed by atoms with Gasteiger partial charge in [-0.2, -0.15) is 0 Å². The first-order valence-electron chi connectivity index (χ1n) is 8.50. The number of benzene rings is 1. The second-order valence-electron chi connectivity index (χ2n) is 6.04. The molecule has 1 aliphatic heterocycles. The first-order chi connectivity index (χ1) is 12.6. The van der Waals surface area contributed by atoms with Gasteiger partial charge in [-0.05, 0) is 19.3 Å². The van der Waals surface area contributed by atoms with Crippen molar-refractivity contribution in [1.29, 1.82) is 0 Å². The highest BCUT2D eigenvalue weighted by Gasteiger charge is 2.31. The van der Waals surface area contributed by atoms with Gasteiger partial charge in [-0.3, -0.25) is 14.4 Å². The number of amides is 1. The largest absolute Gasteiger partial charge is 0.353 e. The van der Waals surface area contributed by atoms with E-state index in [4.69, 9.17) is 9.47 Å². The third-order valence-electron chi connectivity index (χ3n) is 4.11. The fourth-order valence-electron chi connectivity index (χ4n) is 2.89. The van der Waals surface area contributed by atoms with Gasteiger partial charge in [0.25, 0.3) is 0 Å². The molecule has 1 aromatic rings. The second-order valence-corrected chi connectivity index (χ2v) is 6.04. The average molecular weight is 353 g/mol. The predicted octanol–water partition coefficient (Wildman–Crippen LogP) is 2.00. The molecular weight excluding hydrogens is 334 g/mol. The molecule has 1 atom stereocenters. The van der Waals surface area contributed by atoms with Crippen LogP contribution in [0, 0.1) is 11.8 Å². The number of allylic oxidation sites excluding steroid dienone is 2. The minimum atomic E-state index is -0.438. The van der Waals surface area contributed by atoms with Crippen molar-refractivity contribution >= 4 is 17.5 Å². The molecule has 0 aromatic heterocycles. The van der Waals surface area contributed by atoms with Gasteiger partial charge in [0.15, 0.2) is 6.29 Å². The van der Waals surface area contributed by atoms with Crippen LogP contribution in [0.15, 0.2) is 35.5 Å². The molecule has 0 bridgehead atoms. The molecule has 1 heterocycles. The molecule has 3 rings (SSSR count). The SMILES string of the molecule is CC(=O)NC1=C(C#CCOC2CCCCO2)C(=O)c2ccccc2C1=O. The van der Waals surface area contributed by atoms with Gasteiger partial charge in [-0.15, -0.1) is 0 Å². The Labute approximate surface area is 151 Å². The van der Waals surface area contributed by atoms with Crippen molar-refractivity contribution in [1.82, 2.24) is 5.32 Å². The van der Waals surface area contributed by atoms with Crippen LogP contribution in [0.25, 0.3) is 0 Å². The van der Waals surface area contributed by atoms with E-state index in [1.54, 1.807) is 24.3 Å². The molecule has 26 heavy (non-hydrogen) atoms. The minimum absolute atomic E-state index is 0.0166. The third kappa shape index (κ3) is 3.90. The molecule has 6 nitrogen and oxygen atoms in total. The Kier molecular flexibility index (Phi) is 5.61. The zero-order chi connectivity index (χ0) is 18.5. The molecule has 1 aromatic carbocycles. The summed E-state index contributed by atoms with van der Waals surface area (Å²) in [6.45, 7) is 2.02. The zero-order valence-electron chi connectivity index (χ0n) is 14.5. The lowest BCUT2D eigenvalue weighted by Gasteiger charge is -2.21. The summed E-state index contributed by atoms with van der Waals surface area (Å²) in [5, 5.41) is 2.45. The maximum atomic E-state index is 12.7. The van der Waals surface area contributed by atoms with Crippen molar-refractivity contribution < 1.29 is 23.9 Å². The lowest BCUT2D eigenvalue weighted by molar-refractivity contribution is -0.154. The fourth-order valence-corrected chi connectivity index (χ4v) is 2.89. The summed E-state index contributed by atoms with van der Waals surface area (Å²) in [6.07, 6.45) is 2.59. The summed E-state index contributed by atoms with van der Waals surface area (Å²) < 4.78 is 11.0. The standard InChI is InChI=1S/C20H19NO5/c1-13(22)21-18-16(9-6-12-26-17-10-4-5-11-25-17)19(23)14-7-2-3-8-15(14)20(18)24/h2-3,7-8,17H,4-5,10-12H2,1H3,(H,21,22). The molecule has 0 radical (unpaired) electrons. The topological polar surface area (TPSA) is 81.7 Å². The second kappa shape index (κ2) is 8.09. The summed E-state index contributed by atoms with van der Waals surface area (Å²) in [4.78, 5) is 36.8. The van der Waals surface area contributed by atoms with Gasteiger partial charge < -0.3 is 14.8 Å². The number of nitrogens with one attached hydrogen (secondary N) is 1. The zero-order valence-corrected chi connectivity index (χ0v) is 14.5. The fraction of sp³-hybridized carbons (Fsp3) is 0.350. The van der Waals surface area contributed by atoms with E-state index in [0.717, 1.165) is 19.3 Å². The quantitative estimate of drug-likeness (QED) is 0.841. The van der Waals surface area contributed by atoms with Crippen molar-refractivity contribution in [2.75, 3.05) is 13.2 Å². The molecule has 1 fully saturated rings. The molecule has 1 N–H and O–H groups in total. The average Bonchev–Trinajstić information content (AvgIpc) is 2.65. The van der Waals surface area contributed by atoms with Crippen molar-refractivity contribution in [2.45, 2.75) is 32.5 Å². The van der Waals surface area contributed by atoms with Gasteiger partial charge in [0.05, 0.1) is 0 Å². The molecule has 134 valence electrons. The number of carbonyl (C=O) groups excluding carboxylic acids is 3. The Morgan fingerprint density at radius 3 is 2.62 bits per heavy atom. The van der Waals surface area contributed by atoms with E-state index in [0.29, 0.717) is 6.61 Å². The molecule has 2 aliphatic rings. The van der Waals surface area contributed by atoms with Crippen LogP contribution in [-0.2, 0) is 14.3 Å². The Morgan fingerprint density at radius 2 is 1.96 bits per heavy atom. The Bertz CT molecular complexity index is 837. The molecule has 1 aliphatic carbocycles. The number of carbonyl (C=O) groups is 3. The van der Waals surface area contributed by atoms with Crippen LogP contribution in [0.2, 0.25) is 0 Å². The normalized spacial score (nSPS) is 19.5. The van der Waals surface area contributed by atoms with Crippen LogP contribution >= 0.6 is 0 Å². The van der Waals surface area contributed by atoms with Crippen LogP contribution in [-0.4, -0.2) is 37.0 Å². The van der Waals surface area contributed by atoms with Gasteiger partial charge in [0.2, 0.25) is 17.5 Å². The molecular formula is C20H19NO5. The Hall–Kier alpha value is -2.75. The molecule has 1 unspecified atom stereocenters. The van der Waals surface area contributed by atoms with E-state index in [2.05, 4.69) is 17.2 Å². The van der Waals surface area contributed by atoms with E-state index >= 15 is 0 Å². The van der Waals surface area contributed by atoms with E-state index in [9.17, 15) is 14.4 Å². The van der Waals surface area contributed by atoms with E-state index in [-0.39, 0.29) is 41.1 Å². The van der Waals surface area contributed by atoms with Crippen LogP contribution in [0.4, 0.5) is 0 Å². The molecule has 0 spiro atoms. The van der Waals surface area contributed by atoms with Crippen molar-refractivity contribution in [3.63, 3.8) is 0 Å². The molecule has 1 saturated heterocycles. The lowest BCUT2D eigenvalue weighted by Crippen LogP contribution is -2.32. The molecule has 6 heteroatoms. The van der Waals surface area contributed by atoms with Crippen molar-refractivity contribution in [3.8, 4) is 11.8 Å². The number of hydrogen-bond acceptors (Lipinski definition) is 5. The molecule has 0 saturated carbocycles. The monoisotopic (exact) mass is 353 g/mol. The van der Waals surface area contributed by atoms with Gasteiger partial charge in [0, 0.05) is 24.7 Å².